The third kappa shape index (κ3) is 6.03. The summed E-state index contributed by atoms with van der Waals surface area (Å²) < 4.78 is 5.45. The fourth-order valence-electron chi connectivity index (χ4n) is 3.29. The first-order chi connectivity index (χ1) is 14.5. The van der Waals surface area contributed by atoms with Crippen LogP contribution in [0.5, 0.6) is 5.75 Å². The minimum Gasteiger partial charge on any atom is -0.484 e. The molecule has 0 aliphatic carbocycles. The van der Waals surface area contributed by atoms with Gasteiger partial charge in [-0.25, -0.2) is 0 Å². The molecular formula is C22H25Cl2N3O3. The number of rotatable bonds is 7. The van der Waals surface area contributed by atoms with E-state index in [0.717, 1.165) is 25.2 Å². The van der Waals surface area contributed by atoms with E-state index in [-0.39, 0.29) is 18.4 Å². The van der Waals surface area contributed by atoms with Crippen molar-refractivity contribution >= 4 is 46.4 Å². The van der Waals surface area contributed by atoms with Crippen LogP contribution < -0.4 is 15.0 Å². The molecule has 0 spiro atoms. The Kier molecular flexibility index (Phi) is 7.82. The number of nitrogens with one attached hydrogen (secondary N) is 1. The van der Waals surface area contributed by atoms with Gasteiger partial charge in [-0.05, 0) is 48.9 Å². The highest BCUT2D eigenvalue weighted by Gasteiger charge is 2.22. The number of hydrogen-bond donors (Lipinski definition) is 1. The third-order valence-corrected chi connectivity index (χ3v) is 5.41. The molecule has 1 saturated heterocycles. The third-order valence-electron chi connectivity index (χ3n) is 4.85. The largest absolute Gasteiger partial charge is 0.484 e. The second kappa shape index (κ2) is 10.5. The summed E-state index contributed by atoms with van der Waals surface area (Å²) >= 11 is 12.3. The van der Waals surface area contributed by atoms with Gasteiger partial charge in [-0.3, -0.25) is 9.59 Å². The molecule has 1 heterocycles. The van der Waals surface area contributed by atoms with E-state index in [4.69, 9.17) is 27.9 Å². The lowest BCUT2D eigenvalue weighted by Crippen LogP contribution is -2.48. The quantitative estimate of drug-likeness (QED) is 0.677. The molecule has 160 valence electrons. The summed E-state index contributed by atoms with van der Waals surface area (Å²) in [5.41, 5.74) is 1.50. The van der Waals surface area contributed by atoms with Crippen molar-refractivity contribution < 1.29 is 14.3 Å². The molecule has 1 N–H and O–H groups in total. The summed E-state index contributed by atoms with van der Waals surface area (Å²) in [6.45, 7) is 4.74. The molecule has 8 heteroatoms. The SMILES string of the molecule is CCCC(=O)N1CCN(c2ccc(NC(=O)COc3ccc(Cl)cc3)cc2Cl)CC1. The molecule has 0 aromatic heterocycles. The minimum atomic E-state index is -0.281. The fraction of sp³-hybridized carbons (Fsp3) is 0.364. The zero-order valence-corrected chi connectivity index (χ0v) is 18.4. The van der Waals surface area contributed by atoms with Gasteiger partial charge in [0, 0.05) is 43.3 Å². The van der Waals surface area contributed by atoms with Crippen LogP contribution in [0.1, 0.15) is 19.8 Å². The molecule has 2 amide bonds. The molecule has 1 aliphatic heterocycles. The van der Waals surface area contributed by atoms with Crippen LogP contribution in [0.25, 0.3) is 0 Å². The van der Waals surface area contributed by atoms with Gasteiger partial charge in [-0.15, -0.1) is 0 Å². The number of nitrogens with zero attached hydrogens (tertiary/aromatic N) is 2. The lowest BCUT2D eigenvalue weighted by Gasteiger charge is -2.36. The van der Waals surface area contributed by atoms with Crippen molar-refractivity contribution in [1.29, 1.82) is 0 Å². The monoisotopic (exact) mass is 449 g/mol. The molecule has 0 saturated carbocycles. The number of hydrogen-bond acceptors (Lipinski definition) is 4. The molecule has 0 bridgehead atoms. The number of halogens is 2. The van der Waals surface area contributed by atoms with Gasteiger partial charge in [-0.1, -0.05) is 30.1 Å². The van der Waals surface area contributed by atoms with Crippen molar-refractivity contribution in [2.45, 2.75) is 19.8 Å². The van der Waals surface area contributed by atoms with Gasteiger partial charge in [0.15, 0.2) is 6.61 Å². The second-order valence-electron chi connectivity index (χ2n) is 7.07. The maximum Gasteiger partial charge on any atom is 0.262 e. The molecule has 0 unspecified atom stereocenters. The summed E-state index contributed by atoms with van der Waals surface area (Å²) in [6, 6.07) is 12.2. The number of amides is 2. The lowest BCUT2D eigenvalue weighted by atomic mass is 10.2. The van der Waals surface area contributed by atoms with Crippen LogP contribution in [0, 0.1) is 0 Å². The predicted molar refractivity (Wildman–Crippen MR) is 121 cm³/mol. The molecule has 30 heavy (non-hydrogen) atoms. The summed E-state index contributed by atoms with van der Waals surface area (Å²) in [6.07, 6.45) is 1.46. The highest BCUT2D eigenvalue weighted by molar-refractivity contribution is 6.33. The van der Waals surface area contributed by atoms with Crippen LogP contribution in [0.3, 0.4) is 0 Å². The topological polar surface area (TPSA) is 61.9 Å². The Morgan fingerprint density at radius 3 is 2.37 bits per heavy atom. The first kappa shape index (κ1) is 22.2. The molecule has 2 aromatic carbocycles. The van der Waals surface area contributed by atoms with E-state index in [9.17, 15) is 9.59 Å². The van der Waals surface area contributed by atoms with Crippen molar-refractivity contribution in [3.05, 3.63) is 52.5 Å². The Morgan fingerprint density at radius 2 is 1.73 bits per heavy atom. The number of carbonyl (C=O) groups is 2. The first-order valence-electron chi connectivity index (χ1n) is 9.96. The lowest BCUT2D eigenvalue weighted by molar-refractivity contribution is -0.131. The summed E-state index contributed by atoms with van der Waals surface area (Å²) in [7, 11) is 0. The Morgan fingerprint density at radius 1 is 1.03 bits per heavy atom. The zero-order valence-electron chi connectivity index (χ0n) is 16.9. The standard InChI is InChI=1S/C22H25Cl2N3O3/c1-2-3-22(29)27-12-10-26(11-13-27)20-9-6-17(14-19(20)24)25-21(28)15-30-18-7-4-16(23)5-8-18/h4-9,14H,2-3,10-13,15H2,1H3,(H,25,28). The van der Waals surface area contributed by atoms with E-state index in [1.807, 2.05) is 24.0 Å². The molecule has 2 aromatic rings. The van der Waals surface area contributed by atoms with E-state index in [2.05, 4.69) is 10.2 Å². The smallest absolute Gasteiger partial charge is 0.262 e. The highest BCUT2D eigenvalue weighted by atomic mass is 35.5. The van der Waals surface area contributed by atoms with Crippen LogP contribution in [-0.2, 0) is 9.59 Å². The van der Waals surface area contributed by atoms with Crippen LogP contribution >= 0.6 is 23.2 Å². The van der Waals surface area contributed by atoms with E-state index < -0.39 is 0 Å². The van der Waals surface area contributed by atoms with Gasteiger partial charge in [0.2, 0.25) is 5.91 Å². The van der Waals surface area contributed by atoms with Crippen LogP contribution in [-0.4, -0.2) is 49.5 Å². The van der Waals surface area contributed by atoms with Crippen molar-refractivity contribution in [3.63, 3.8) is 0 Å². The zero-order chi connectivity index (χ0) is 21.5. The van der Waals surface area contributed by atoms with Gasteiger partial charge in [0.05, 0.1) is 10.7 Å². The Bertz CT molecular complexity index is 882. The molecular weight excluding hydrogens is 425 g/mol. The molecule has 1 aliphatic rings. The van der Waals surface area contributed by atoms with Gasteiger partial charge in [0.1, 0.15) is 5.75 Å². The summed E-state index contributed by atoms with van der Waals surface area (Å²) in [5, 5.41) is 3.95. The fourth-order valence-corrected chi connectivity index (χ4v) is 3.71. The molecule has 3 rings (SSSR count). The molecule has 1 fully saturated rings. The average Bonchev–Trinajstić information content (AvgIpc) is 2.74. The van der Waals surface area contributed by atoms with Gasteiger partial charge < -0.3 is 19.9 Å². The highest BCUT2D eigenvalue weighted by Crippen LogP contribution is 2.30. The normalized spacial score (nSPS) is 13.8. The average molecular weight is 450 g/mol. The summed E-state index contributed by atoms with van der Waals surface area (Å²) in [5.74, 6) is 0.499. The minimum absolute atomic E-state index is 0.116. The van der Waals surface area contributed by atoms with Gasteiger partial charge in [-0.2, -0.15) is 0 Å². The first-order valence-corrected chi connectivity index (χ1v) is 10.7. The van der Waals surface area contributed by atoms with Gasteiger partial charge >= 0.3 is 0 Å². The van der Waals surface area contributed by atoms with E-state index >= 15 is 0 Å². The maximum atomic E-state index is 12.2. The number of anilines is 2. The van der Waals surface area contributed by atoms with Crippen molar-refractivity contribution in [1.82, 2.24) is 4.90 Å². The number of ether oxygens (including phenoxy) is 1. The van der Waals surface area contributed by atoms with Crippen molar-refractivity contribution in [2.24, 2.45) is 0 Å². The van der Waals surface area contributed by atoms with E-state index in [1.54, 1.807) is 30.3 Å². The van der Waals surface area contributed by atoms with Crippen LogP contribution in [0.15, 0.2) is 42.5 Å². The van der Waals surface area contributed by atoms with Crippen LogP contribution in [0.2, 0.25) is 10.0 Å². The van der Waals surface area contributed by atoms with E-state index in [0.29, 0.717) is 41.0 Å². The predicted octanol–water partition coefficient (Wildman–Crippen LogP) is 4.46. The van der Waals surface area contributed by atoms with Crippen molar-refractivity contribution in [2.75, 3.05) is 43.0 Å². The maximum absolute atomic E-state index is 12.2. The van der Waals surface area contributed by atoms with E-state index in [1.165, 1.54) is 0 Å². The number of carbonyl (C=O) groups excluding carboxylic acids is 2. The summed E-state index contributed by atoms with van der Waals surface area (Å²) in [4.78, 5) is 28.3. The molecule has 0 radical (unpaired) electrons. The second-order valence-corrected chi connectivity index (χ2v) is 7.92. The van der Waals surface area contributed by atoms with Crippen molar-refractivity contribution in [3.8, 4) is 5.75 Å². The Labute approximate surface area is 186 Å². The van der Waals surface area contributed by atoms with Gasteiger partial charge in [0.25, 0.3) is 5.91 Å². The molecule has 0 atom stereocenters. The Hall–Kier alpha value is -2.44. The number of benzene rings is 2. The Balaban J connectivity index is 1.52. The number of piperazine rings is 1. The molecule has 6 nitrogen and oxygen atoms in total. The van der Waals surface area contributed by atoms with Crippen LogP contribution in [0.4, 0.5) is 11.4 Å².